The molecule has 1 aliphatic carbocycles. The molecule has 0 bridgehead atoms. The lowest BCUT2D eigenvalue weighted by Gasteiger charge is -2.27. The Morgan fingerprint density at radius 1 is 1.43 bits per heavy atom. The van der Waals surface area contributed by atoms with Crippen LogP contribution in [-0.4, -0.2) is 15.6 Å². The highest BCUT2D eigenvalue weighted by Crippen LogP contribution is 2.38. The Hall–Kier alpha value is -0.0831. The first kappa shape index (κ1) is 12.0. The molecule has 0 N–H and O–H groups in total. The van der Waals surface area contributed by atoms with E-state index in [1.807, 2.05) is 0 Å². The third-order valence-corrected chi connectivity index (χ3v) is 3.74. The molecule has 0 amide bonds. The molecule has 0 aliphatic heterocycles. The maximum Gasteiger partial charge on any atom is 0.171 e. The fraction of sp³-hybridized carbons (Fsp3) is 0.833. The van der Waals surface area contributed by atoms with Crippen molar-refractivity contribution in [3.8, 4) is 0 Å². The monoisotopic (exact) mass is 211 g/mol. The zero-order valence-electron chi connectivity index (χ0n) is 10.2. The summed E-state index contributed by atoms with van der Waals surface area (Å²) in [7, 11) is -0.850. The fourth-order valence-electron chi connectivity index (χ4n) is 1.70. The van der Waals surface area contributed by atoms with Crippen LogP contribution in [0.25, 0.3) is 0 Å². The van der Waals surface area contributed by atoms with Crippen molar-refractivity contribution in [2.24, 2.45) is 11.3 Å². The zero-order chi connectivity index (χ0) is 10.8. The Morgan fingerprint density at radius 2 is 2.07 bits per heavy atom. The number of rotatable bonds is 3. The standard InChI is InChI=1S/C12H23OSi/c1-12(2,3)11-7-6-10(8-11)9-13-14(4)5/h11,14H,7-9H2,1-5H3. The van der Waals surface area contributed by atoms with E-state index in [0.717, 1.165) is 18.9 Å². The van der Waals surface area contributed by atoms with E-state index in [1.165, 1.54) is 12.0 Å². The Labute approximate surface area is 90.3 Å². The minimum absolute atomic E-state index is 0.421. The molecule has 0 aromatic rings. The summed E-state index contributed by atoms with van der Waals surface area (Å²) in [6.45, 7) is 12.2. The molecule has 0 heterocycles. The first-order chi connectivity index (χ1) is 6.39. The SMILES string of the molecule is C[SiH](C)OCC1=[C]CC(C(C)(C)C)C1. The van der Waals surface area contributed by atoms with Gasteiger partial charge in [0.2, 0.25) is 0 Å². The molecule has 0 fully saturated rings. The van der Waals surface area contributed by atoms with Crippen molar-refractivity contribution < 1.29 is 4.43 Å². The quantitative estimate of drug-likeness (QED) is 0.652. The van der Waals surface area contributed by atoms with Crippen LogP contribution in [0.15, 0.2) is 5.57 Å². The average molecular weight is 211 g/mol. The Morgan fingerprint density at radius 3 is 2.50 bits per heavy atom. The zero-order valence-corrected chi connectivity index (χ0v) is 11.3. The van der Waals surface area contributed by atoms with Gasteiger partial charge in [-0.25, -0.2) is 0 Å². The van der Waals surface area contributed by atoms with Crippen LogP contribution in [0, 0.1) is 17.4 Å². The third kappa shape index (κ3) is 3.58. The van der Waals surface area contributed by atoms with Gasteiger partial charge in [0, 0.05) is 0 Å². The van der Waals surface area contributed by atoms with E-state index in [1.54, 1.807) is 0 Å². The van der Waals surface area contributed by atoms with Crippen molar-refractivity contribution in [3.05, 3.63) is 11.6 Å². The molecule has 1 radical (unpaired) electrons. The van der Waals surface area contributed by atoms with Gasteiger partial charge in [0.25, 0.3) is 0 Å². The fourth-order valence-corrected chi connectivity index (χ4v) is 2.23. The molecule has 2 heteroatoms. The molecule has 1 aliphatic rings. The van der Waals surface area contributed by atoms with Crippen LogP contribution >= 0.6 is 0 Å². The highest BCUT2D eigenvalue weighted by molar-refractivity contribution is 6.48. The van der Waals surface area contributed by atoms with Crippen LogP contribution in [0.5, 0.6) is 0 Å². The van der Waals surface area contributed by atoms with E-state index in [2.05, 4.69) is 39.9 Å². The van der Waals surface area contributed by atoms with Crippen LogP contribution in [0.4, 0.5) is 0 Å². The van der Waals surface area contributed by atoms with E-state index in [0.29, 0.717) is 5.41 Å². The Kier molecular flexibility index (Phi) is 3.96. The summed E-state index contributed by atoms with van der Waals surface area (Å²) in [5.41, 5.74) is 1.83. The highest BCUT2D eigenvalue weighted by Gasteiger charge is 2.28. The van der Waals surface area contributed by atoms with Crippen LogP contribution in [0.3, 0.4) is 0 Å². The molecular formula is C12H23OSi. The minimum Gasteiger partial charge on any atom is -0.417 e. The molecule has 1 atom stereocenters. The van der Waals surface area contributed by atoms with Gasteiger partial charge in [-0.1, -0.05) is 20.8 Å². The molecule has 1 unspecified atom stereocenters. The van der Waals surface area contributed by atoms with Crippen LogP contribution in [0.1, 0.15) is 33.6 Å². The summed E-state index contributed by atoms with van der Waals surface area (Å²) in [6.07, 6.45) is 5.81. The Bertz CT molecular complexity index is 213. The summed E-state index contributed by atoms with van der Waals surface area (Å²) in [5.74, 6) is 0.773. The summed E-state index contributed by atoms with van der Waals surface area (Å²) < 4.78 is 5.73. The second-order valence-corrected chi connectivity index (χ2v) is 8.04. The van der Waals surface area contributed by atoms with Crippen molar-refractivity contribution in [1.82, 2.24) is 0 Å². The summed E-state index contributed by atoms with van der Waals surface area (Å²) in [4.78, 5) is 0. The first-order valence-electron chi connectivity index (χ1n) is 5.59. The van der Waals surface area contributed by atoms with Crippen molar-refractivity contribution in [3.63, 3.8) is 0 Å². The molecule has 1 nitrogen and oxygen atoms in total. The number of hydrogen-bond donors (Lipinski definition) is 0. The lowest BCUT2D eigenvalue weighted by Crippen LogP contribution is -2.18. The number of hydrogen-bond acceptors (Lipinski definition) is 1. The molecule has 1 rings (SSSR count). The van der Waals surface area contributed by atoms with Gasteiger partial charge in [-0.05, 0) is 48.9 Å². The topological polar surface area (TPSA) is 9.23 Å². The minimum atomic E-state index is -0.850. The van der Waals surface area contributed by atoms with Gasteiger partial charge in [0.05, 0.1) is 6.61 Å². The van der Waals surface area contributed by atoms with E-state index in [-0.39, 0.29) is 0 Å². The lowest BCUT2D eigenvalue weighted by atomic mass is 9.79. The smallest absolute Gasteiger partial charge is 0.171 e. The molecule has 81 valence electrons. The molecule has 0 aromatic carbocycles. The van der Waals surface area contributed by atoms with E-state index < -0.39 is 9.04 Å². The van der Waals surface area contributed by atoms with Crippen molar-refractivity contribution in [2.75, 3.05) is 6.61 Å². The second kappa shape index (κ2) is 4.62. The normalized spacial score (nSPS) is 23.0. The lowest BCUT2D eigenvalue weighted by molar-refractivity contribution is 0.245. The van der Waals surface area contributed by atoms with E-state index in [9.17, 15) is 0 Å². The predicted molar refractivity (Wildman–Crippen MR) is 63.8 cm³/mol. The van der Waals surface area contributed by atoms with Crippen LogP contribution < -0.4 is 0 Å². The average Bonchev–Trinajstić information content (AvgIpc) is 2.47. The maximum atomic E-state index is 5.73. The van der Waals surface area contributed by atoms with Gasteiger partial charge >= 0.3 is 0 Å². The first-order valence-corrected chi connectivity index (χ1v) is 8.38. The van der Waals surface area contributed by atoms with E-state index in [4.69, 9.17) is 4.43 Å². The van der Waals surface area contributed by atoms with Crippen molar-refractivity contribution >= 4 is 9.04 Å². The molecule has 0 saturated carbocycles. The summed E-state index contributed by atoms with van der Waals surface area (Å²) in [6, 6.07) is 0. The van der Waals surface area contributed by atoms with Crippen molar-refractivity contribution in [1.29, 1.82) is 0 Å². The number of allylic oxidation sites excluding steroid dienone is 1. The second-order valence-electron chi connectivity index (χ2n) is 5.61. The summed E-state index contributed by atoms with van der Waals surface area (Å²) in [5, 5.41) is 0. The van der Waals surface area contributed by atoms with Gasteiger partial charge in [-0.15, -0.1) is 0 Å². The summed E-state index contributed by atoms with van der Waals surface area (Å²) >= 11 is 0. The van der Waals surface area contributed by atoms with Crippen LogP contribution in [-0.2, 0) is 4.43 Å². The van der Waals surface area contributed by atoms with Gasteiger partial charge < -0.3 is 4.43 Å². The van der Waals surface area contributed by atoms with Gasteiger partial charge in [0.15, 0.2) is 9.04 Å². The van der Waals surface area contributed by atoms with E-state index >= 15 is 0 Å². The third-order valence-electron chi connectivity index (χ3n) is 2.91. The van der Waals surface area contributed by atoms with Gasteiger partial charge in [-0.3, -0.25) is 0 Å². The molecular weight excluding hydrogens is 188 g/mol. The Balaban J connectivity index is 2.33. The van der Waals surface area contributed by atoms with Crippen molar-refractivity contribution in [2.45, 2.75) is 46.7 Å². The molecule has 14 heavy (non-hydrogen) atoms. The predicted octanol–water partition coefficient (Wildman–Crippen LogP) is 3.17. The molecule has 0 aromatic heterocycles. The molecule has 0 saturated heterocycles. The maximum absolute atomic E-state index is 5.73. The van der Waals surface area contributed by atoms with Gasteiger partial charge in [0.1, 0.15) is 0 Å². The van der Waals surface area contributed by atoms with Gasteiger partial charge in [-0.2, -0.15) is 0 Å². The van der Waals surface area contributed by atoms with Crippen LogP contribution in [0.2, 0.25) is 13.1 Å². The highest BCUT2D eigenvalue weighted by atomic mass is 28.3. The molecule has 0 spiro atoms. The largest absolute Gasteiger partial charge is 0.417 e.